The fourth-order valence-electron chi connectivity index (χ4n) is 8.13. The Hall–Kier alpha value is -1.66. The molecular weight excluding hydrogens is 743 g/mol. The maximum atomic E-state index is 12.4. The molecule has 0 bridgehead atoms. The summed E-state index contributed by atoms with van der Waals surface area (Å²) in [7, 11) is 0. The van der Waals surface area contributed by atoms with Crippen LogP contribution in [0.3, 0.4) is 0 Å². The molecule has 0 saturated carbocycles. The third kappa shape index (κ3) is 45.9. The van der Waals surface area contributed by atoms with Gasteiger partial charge in [0, 0.05) is 12.8 Å². The first-order chi connectivity index (χ1) is 29.5. The fraction of sp³-hybridized carbons (Fsp3) is 0.889. The lowest BCUT2D eigenvalue weighted by Crippen LogP contribution is -2.45. The number of amides is 1. The molecule has 354 valence electrons. The number of rotatable bonds is 49. The summed E-state index contributed by atoms with van der Waals surface area (Å²) in [5.41, 5.74) is 0. The monoisotopic (exact) mass is 846 g/mol. The van der Waals surface area contributed by atoms with Gasteiger partial charge in [0.05, 0.1) is 25.4 Å². The van der Waals surface area contributed by atoms with Crippen molar-refractivity contribution in [3.8, 4) is 0 Å². The third-order valence-electron chi connectivity index (χ3n) is 12.3. The third-order valence-corrected chi connectivity index (χ3v) is 12.3. The van der Waals surface area contributed by atoms with Crippen molar-refractivity contribution in [2.24, 2.45) is 0 Å². The summed E-state index contributed by atoms with van der Waals surface area (Å²) in [6.07, 6.45) is 58.6. The summed E-state index contributed by atoms with van der Waals surface area (Å²) >= 11 is 0. The van der Waals surface area contributed by atoms with Crippen LogP contribution >= 0.6 is 0 Å². The lowest BCUT2D eigenvalue weighted by atomic mass is 10.0. The number of carbonyl (C=O) groups is 2. The normalized spacial score (nSPS) is 12.8. The van der Waals surface area contributed by atoms with Gasteiger partial charge in [-0.2, -0.15) is 0 Å². The van der Waals surface area contributed by atoms with E-state index in [1.165, 1.54) is 193 Å². The first-order valence-corrected chi connectivity index (χ1v) is 26.6. The maximum absolute atomic E-state index is 12.4. The molecule has 0 saturated heterocycles. The van der Waals surface area contributed by atoms with Gasteiger partial charge in [-0.25, -0.2) is 0 Å². The minimum absolute atomic E-state index is 0.0139. The van der Waals surface area contributed by atoms with E-state index in [-0.39, 0.29) is 18.5 Å². The predicted octanol–water partition coefficient (Wildman–Crippen LogP) is 15.9. The number of hydrogen-bond acceptors (Lipinski definition) is 5. The van der Waals surface area contributed by atoms with E-state index >= 15 is 0 Å². The summed E-state index contributed by atoms with van der Waals surface area (Å²) in [4.78, 5) is 24.5. The van der Waals surface area contributed by atoms with Gasteiger partial charge in [0.15, 0.2) is 0 Å². The molecular formula is C54H103NO5. The summed E-state index contributed by atoms with van der Waals surface area (Å²) in [5.74, 6) is -0.0576. The van der Waals surface area contributed by atoms with Crippen molar-refractivity contribution < 1.29 is 24.5 Å². The van der Waals surface area contributed by atoms with Gasteiger partial charge in [-0.1, -0.05) is 244 Å². The molecule has 3 N–H and O–H groups in total. The van der Waals surface area contributed by atoms with Gasteiger partial charge in [-0.15, -0.1) is 0 Å². The van der Waals surface area contributed by atoms with Crippen molar-refractivity contribution in [1.82, 2.24) is 5.32 Å². The number of ether oxygens (including phenoxy) is 1. The summed E-state index contributed by atoms with van der Waals surface area (Å²) in [5, 5.41) is 23.2. The Morgan fingerprint density at radius 1 is 0.467 bits per heavy atom. The van der Waals surface area contributed by atoms with E-state index < -0.39 is 12.1 Å². The molecule has 0 spiro atoms. The minimum atomic E-state index is -0.669. The summed E-state index contributed by atoms with van der Waals surface area (Å²) in [6, 6.07) is -0.547. The van der Waals surface area contributed by atoms with E-state index in [1.54, 1.807) is 0 Å². The molecule has 1 amide bonds. The smallest absolute Gasteiger partial charge is 0.305 e. The first kappa shape index (κ1) is 58.3. The summed E-state index contributed by atoms with van der Waals surface area (Å²) < 4.78 is 5.46. The van der Waals surface area contributed by atoms with Crippen LogP contribution in [0.4, 0.5) is 0 Å². The Kier molecular flexibility index (Phi) is 48.6. The molecule has 0 radical (unpaired) electrons. The average Bonchev–Trinajstić information content (AvgIpc) is 3.25. The topological polar surface area (TPSA) is 95.9 Å². The number of allylic oxidation sites excluding steroid dienone is 4. The molecule has 60 heavy (non-hydrogen) atoms. The molecule has 0 aromatic heterocycles. The lowest BCUT2D eigenvalue weighted by Gasteiger charge is -2.22. The van der Waals surface area contributed by atoms with Gasteiger partial charge in [-0.05, 0) is 51.4 Å². The highest BCUT2D eigenvalue weighted by molar-refractivity contribution is 5.76. The van der Waals surface area contributed by atoms with Crippen molar-refractivity contribution in [3.05, 3.63) is 24.3 Å². The Bertz CT molecular complexity index is 935. The van der Waals surface area contributed by atoms with Crippen molar-refractivity contribution in [2.45, 2.75) is 296 Å². The number of nitrogens with one attached hydrogen (secondary N) is 1. The Balaban J connectivity index is 3.44. The number of aliphatic hydroxyl groups is 2. The van der Waals surface area contributed by atoms with Crippen LogP contribution in [-0.2, 0) is 14.3 Å². The van der Waals surface area contributed by atoms with Crippen molar-refractivity contribution in [1.29, 1.82) is 0 Å². The molecule has 0 aliphatic rings. The van der Waals surface area contributed by atoms with Crippen LogP contribution in [0.5, 0.6) is 0 Å². The highest BCUT2D eigenvalue weighted by Gasteiger charge is 2.20. The molecule has 0 fully saturated rings. The zero-order valence-corrected chi connectivity index (χ0v) is 40.2. The van der Waals surface area contributed by atoms with Crippen molar-refractivity contribution in [2.75, 3.05) is 13.2 Å². The van der Waals surface area contributed by atoms with E-state index in [2.05, 4.69) is 43.5 Å². The number of unbranched alkanes of at least 4 members (excludes halogenated alkanes) is 34. The maximum Gasteiger partial charge on any atom is 0.305 e. The average molecular weight is 846 g/mol. The van der Waals surface area contributed by atoms with Crippen molar-refractivity contribution >= 4 is 11.9 Å². The Labute approximate surface area is 373 Å². The Morgan fingerprint density at radius 2 is 0.850 bits per heavy atom. The van der Waals surface area contributed by atoms with Crippen LogP contribution in [0.25, 0.3) is 0 Å². The van der Waals surface area contributed by atoms with Crippen LogP contribution in [0.1, 0.15) is 284 Å². The Morgan fingerprint density at radius 3 is 1.32 bits per heavy atom. The quantitative estimate of drug-likeness (QED) is 0.0322. The molecule has 6 nitrogen and oxygen atoms in total. The SMILES string of the molecule is CCCC/C=C\C/C=C\CCCCCCCC(=O)OCCCCCCCCCCCCCCCCCC(=O)NC(CO)C(O)CCCCCCCCCCCCCCCC. The highest BCUT2D eigenvalue weighted by Crippen LogP contribution is 2.17. The number of hydrogen-bond donors (Lipinski definition) is 3. The molecule has 6 heteroatoms. The van der Waals surface area contributed by atoms with Gasteiger partial charge in [0.25, 0.3) is 0 Å². The van der Waals surface area contributed by atoms with Crippen LogP contribution in [0.2, 0.25) is 0 Å². The molecule has 2 unspecified atom stereocenters. The molecule has 0 aromatic carbocycles. The number of esters is 1. The number of aliphatic hydroxyl groups excluding tert-OH is 2. The lowest BCUT2D eigenvalue weighted by molar-refractivity contribution is -0.143. The van der Waals surface area contributed by atoms with E-state index in [4.69, 9.17) is 4.74 Å². The molecule has 0 heterocycles. The van der Waals surface area contributed by atoms with Crippen LogP contribution in [-0.4, -0.2) is 47.4 Å². The molecule has 0 rings (SSSR count). The minimum Gasteiger partial charge on any atom is -0.466 e. The van der Waals surface area contributed by atoms with E-state index in [0.717, 1.165) is 57.8 Å². The fourth-order valence-corrected chi connectivity index (χ4v) is 8.13. The first-order valence-electron chi connectivity index (χ1n) is 26.6. The second-order valence-electron chi connectivity index (χ2n) is 18.2. The van der Waals surface area contributed by atoms with Gasteiger partial charge in [0.2, 0.25) is 5.91 Å². The molecule has 0 aromatic rings. The van der Waals surface area contributed by atoms with Crippen molar-refractivity contribution in [3.63, 3.8) is 0 Å². The van der Waals surface area contributed by atoms with Gasteiger partial charge in [0.1, 0.15) is 0 Å². The zero-order chi connectivity index (χ0) is 43.7. The van der Waals surface area contributed by atoms with E-state index in [1.807, 2.05) is 0 Å². The summed E-state index contributed by atoms with van der Waals surface area (Å²) in [6.45, 7) is 4.89. The molecule has 0 aliphatic heterocycles. The second kappa shape index (κ2) is 50.0. The second-order valence-corrected chi connectivity index (χ2v) is 18.2. The van der Waals surface area contributed by atoms with Gasteiger partial charge in [-0.3, -0.25) is 9.59 Å². The van der Waals surface area contributed by atoms with Crippen LogP contribution < -0.4 is 5.32 Å². The van der Waals surface area contributed by atoms with Crippen LogP contribution in [0.15, 0.2) is 24.3 Å². The standard InChI is InChI=1S/C54H103NO5/c1-3-5-7-9-11-13-15-17-22-26-30-34-38-42-46-52(57)51(50-56)55-53(58)47-43-39-35-31-27-23-20-19-21-25-29-33-37-41-45-49-60-54(59)48-44-40-36-32-28-24-18-16-14-12-10-8-6-4-2/h10,12,16,18,51-52,56-57H,3-9,11,13-15,17,19-50H2,1-2H3,(H,55,58)/b12-10-,18-16-. The predicted molar refractivity (Wildman–Crippen MR) is 260 cm³/mol. The van der Waals surface area contributed by atoms with Gasteiger partial charge < -0.3 is 20.3 Å². The van der Waals surface area contributed by atoms with Gasteiger partial charge >= 0.3 is 5.97 Å². The van der Waals surface area contributed by atoms with Crippen LogP contribution in [0, 0.1) is 0 Å². The largest absolute Gasteiger partial charge is 0.466 e. The molecule has 0 aliphatic carbocycles. The highest BCUT2D eigenvalue weighted by atomic mass is 16.5. The molecule has 2 atom stereocenters. The zero-order valence-electron chi connectivity index (χ0n) is 40.2. The van der Waals surface area contributed by atoms with E-state index in [0.29, 0.717) is 25.9 Å². The number of carbonyl (C=O) groups excluding carboxylic acids is 2. The van der Waals surface area contributed by atoms with E-state index in [9.17, 15) is 19.8 Å².